The first-order chi connectivity index (χ1) is 8.80. The second-order valence-electron chi connectivity index (χ2n) is 6.40. The van der Waals surface area contributed by atoms with Gasteiger partial charge >= 0.3 is 5.66 Å². The third-order valence-electron chi connectivity index (χ3n) is 4.26. The van der Waals surface area contributed by atoms with Crippen LogP contribution < -0.4 is 0 Å². The summed E-state index contributed by atoms with van der Waals surface area (Å²) >= 11 is 0. The molecule has 0 saturated carbocycles. The van der Waals surface area contributed by atoms with Crippen LogP contribution in [0, 0.1) is 24.0 Å². The third kappa shape index (κ3) is 1.90. The summed E-state index contributed by atoms with van der Waals surface area (Å²) in [6, 6.07) is 0. The number of carbonyl (C=O) groups excluding carboxylic acids is 1. The minimum absolute atomic E-state index is 0.151. The van der Waals surface area contributed by atoms with Gasteiger partial charge in [-0.05, 0) is 18.8 Å². The van der Waals surface area contributed by atoms with Crippen molar-refractivity contribution in [3.8, 4) is 0 Å². The number of Topliss-reactive ketones (excluding diaryl/α,β-unsaturated/α-hetero) is 1. The molecule has 19 heavy (non-hydrogen) atoms. The van der Waals surface area contributed by atoms with E-state index in [1.807, 2.05) is 39.0 Å². The van der Waals surface area contributed by atoms with Crippen molar-refractivity contribution in [2.45, 2.75) is 45.7 Å². The van der Waals surface area contributed by atoms with Gasteiger partial charge in [0.05, 0.1) is 5.41 Å². The van der Waals surface area contributed by atoms with Crippen LogP contribution in [-0.4, -0.2) is 11.4 Å². The summed E-state index contributed by atoms with van der Waals surface area (Å²) in [7, 11) is 0. The van der Waals surface area contributed by atoms with Gasteiger partial charge in [0.15, 0.2) is 0 Å². The average Bonchev–Trinajstić information content (AvgIpc) is 2.48. The van der Waals surface area contributed by atoms with E-state index >= 15 is 0 Å². The zero-order valence-electron chi connectivity index (χ0n) is 11.7. The lowest BCUT2D eigenvalue weighted by atomic mass is 9.61. The van der Waals surface area contributed by atoms with Gasteiger partial charge in [0.25, 0.3) is 0 Å². The Labute approximate surface area is 114 Å². The summed E-state index contributed by atoms with van der Waals surface area (Å²) in [5.41, 5.74) is -1.46. The van der Waals surface area contributed by atoms with E-state index in [1.54, 1.807) is 0 Å². The number of rotatable bonds is 0. The molecule has 0 aliphatic heterocycles. The lowest BCUT2D eigenvalue weighted by Crippen LogP contribution is -2.44. The van der Waals surface area contributed by atoms with E-state index in [4.69, 9.17) is 13.1 Å². The van der Waals surface area contributed by atoms with Gasteiger partial charge in [-0.3, -0.25) is 4.79 Å². The Morgan fingerprint density at radius 3 is 2.26 bits per heavy atom. The van der Waals surface area contributed by atoms with Crippen molar-refractivity contribution in [1.82, 2.24) is 0 Å². The summed E-state index contributed by atoms with van der Waals surface area (Å²) < 4.78 is 0. The molecule has 3 heteroatoms. The van der Waals surface area contributed by atoms with E-state index in [-0.39, 0.29) is 11.2 Å². The van der Waals surface area contributed by atoms with Crippen molar-refractivity contribution >= 4 is 5.78 Å². The fourth-order valence-corrected chi connectivity index (χ4v) is 3.05. The largest absolute Gasteiger partial charge is 0.510 e. The standard InChI is InChI=1S/C16H18N2O/c1-14(2)10-12-15(3,13(19)11-14)8-6-7-9-16(12,17-4)18-5/h6-7,10H,8-9,11H2,1-3H3. The molecule has 98 valence electrons. The maximum Gasteiger partial charge on any atom is 0.510 e. The second kappa shape index (κ2) is 4.07. The van der Waals surface area contributed by atoms with Crippen molar-refractivity contribution in [3.63, 3.8) is 0 Å². The number of allylic oxidation sites excluding steroid dienone is 2. The molecule has 2 aliphatic carbocycles. The molecule has 0 heterocycles. The van der Waals surface area contributed by atoms with Crippen LogP contribution in [0.1, 0.15) is 40.0 Å². The summed E-state index contributed by atoms with van der Waals surface area (Å²) in [4.78, 5) is 19.8. The molecule has 0 fully saturated rings. The maximum absolute atomic E-state index is 12.6. The predicted molar refractivity (Wildman–Crippen MR) is 73.9 cm³/mol. The maximum atomic E-state index is 12.6. The normalized spacial score (nSPS) is 31.4. The van der Waals surface area contributed by atoms with Gasteiger partial charge in [0, 0.05) is 6.42 Å². The minimum Gasteiger partial charge on any atom is -0.299 e. The third-order valence-corrected chi connectivity index (χ3v) is 4.26. The molecule has 1 atom stereocenters. The molecule has 0 bridgehead atoms. The van der Waals surface area contributed by atoms with Gasteiger partial charge in [0.2, 0.25) is 0 Å². The SMILES string of the molecule is [C-]#[N+]C1([N+]#[C-])CC=CCC2(C)C(=O)CC(C)(C)C=C12. The zero-order chi connectivity index (χ0) is 14.3. The average molecular weight is 254 g/mol. The van der Waals surface area contributed by atoms with Crippen LogP contribution in [0.5, 0.6) is 0 Å². The molecule has 0 radical (unpaired) electrons. The Balaban J connectivity index is 2.73. The first kappa shape index (κ1) is 13.6. The lowest BCUT2D eigenvalue weighted by molar-refractivity contribution is -0.128. The Kier molecular flexibility index (Phi) is 2.90. The van der Waals surface area contributed by atoms with Crippen molar-refractivity contribution in [2.24, 2.45) is 10.8 Å². The molecule has 0 N–H and O–H groups in total. The van der Waals surface area contributed by atoms with E-state index < -0.39 is 11.1 Å². The van der Waals surface area contributed by atoms with Crippen molar-refractivity contribution in [1.29, 1.82) is 0 Å². The van der Waals surface area contributed by atoms with Gasteiger partial charge in [-0.15, -0.1) is 0 Å². The molecular formula is C16H18N2O. The second-order valence-corrected chi connectivity index (χ2v) is 6.40. The summed E-state index contributed by atoms with van der Waals surface area (Å²) in [6.07, 6.45) is 7.29. The van der Waals surface area contributed by atoms with Crippen molar-refractivity contribution in [3.05, 3.63) is 46.6 Å². The Bertz CT molecular complexity index is 555. The fourth-order valence-electron chi connectivity index (χ4n) is 3.05. The first-order valence-electron chi connectivity index (χ1n) is 6.49. The van der Waals surface area contributed by atoms with Gasteiger partial charge in [0.1, 0.15) is 17.8 Å². The Morgan fingerprint density at radius 1 is 1.11 bits per heavy atom. The highest BCUT2D eigenvalue weighted by Crippen LogP contribution is 2.52. The van der Waals surface area contributed by atoms with E-state index in [9.17, 15) is 4.79 Å². The highest BCUT2D eigenvalue weighted by atomic mass is 16.1. The van der Waals surface area contributed by atoms with Gasteiger partial charge < -0.3 is 0 Å². The smallest absolute Gasteiger partial charge is 0.299 e. The summed E-state index contributed by atoms with van der Waals surface area (Å²) in [5, 5.41) is 0. The number of ketones is 1. The van der Waals surface area contributed by atoms with Gasteiger partial charge in [-0.2, -0.15) is 0 Å². The number of hydrogen-bond donors (Lipinski definition) is 0. The van der Waals surface area contributed by atoms with Crippen molar-refractivity contribution in [2.75, 3.05) is 0 Å². The van der Waals surface area contributed by atoms with Crippen LogP contribution >= 0.6 is 0 Å². The van der Waals surface area contributed by atoms with Gasteiger partial charge in [-0.1, -0.05) is 32.1 Å². The van der Waals surface area contributed by atoms with Crippen molar-refractivity contribution < 1.29 is 4.79 Å². The van der Waals surface area contributed by atoms with E-state index in [0.29, 0.717) is 19.3 Å². The zero-order valence-corrected chi connectivity index (χ0v) is 11.7. The first-order valence-corrected chi connectivity index (χ1v) is 6.49. The van der Waals surface area contributed by atoms with Crippen LogP contribution in [0.3, 0.4) is 0 Å². The van der Waals surface area contributed by atoms with Crippen LogP contribution in [0.2, 0.25) is 0 Å². The number of hydrogen-bond acceptors (Lipinski definition) is 1. The number of carbonyl (C=O) groups is 1. The minimum atomic E-state index is -1.23. The molecule has 0 spiro atoms. The van der Waals surface area contributed by atoms with Crippen LogP contribution in [0.4, 0.5) is 0 Å². The monoisotopic (exact) mass is 254 g/mol. The molecule has 2 rings (SSSR count). The van der Waals surface area contributed by atoms with Crippen LogP contribution in [0.15, 0.2) is 23.8 Å². The molecule has 0 amide bonds. The predicted octanol–water partition coefficient (Wildman–Crippen LogP) is 3.80. The number of fused-ring (bicyclic) bond motifs is 1. The quantitative estimate of drug-likeness (QED) is 0.477. The Morgan fingerprint density at radius 2 is 1.68 bits per heavy atom. The highest BCUT2D eigenvalue weighted by molar-refractivity contribution is 5.91. The van der Waals surface area contributed by atoms with Crippen LogP contribution in [0.25, 0.3) is 9.69 Å². The molecule has 0 aromatic rings. The van der Waals surface area contributed by atoms with E-state index in [2.05, 4.69) is 9.69 Å². The van der Waals surface area contributed by atoms with E-state index in [0.717, 1.165) is 5.57 Å². The molecule has 0 aromatic heterocycles. The van der Waals surface area contributed by atoms with Gasteiger partial charge in [-0.25, -0.2) is 22.8 Å². The molecule has 0 aromatic carbocycles. The van der Waals surface area contributed by atoms with Crippen LogP contribution in [-0.2, 0) is 4.79 Å². The topological polar surface area (TPSA) is 25.8 Å². The highest BCUT2D eigenvalue weighted by Gasteiger charge is 2.60. The molecule has 2 aliphatic rings. The summed E-state index contributed by atoms with van der Waals surface area (Å²) in [6.45, 7) is 20.8. The molecule has 1 unspecified atom stereocenters. The molecular weight excluding hydrogens is 236 g/mol. The van der Waals surface area contributed by atoms with E-state index in [1.165, 1.54) is 0 Å². The number of nitrogens with zero attached hydrogens (tertiary/aromatic N) is 2. The lowest BCUT2D eigenvalue weighted by Gasteiger charge is -2.38. The fraction of sp³-hybridized carbons (Fsp3) is 0.562. The summed E-state index contributed by atoms with van der Waals surface area (Å²) in [5.74, 6) is 0.151. The molecule has 3 nitrogen and oxygen atoms in total. The molecule has 0 saturated heterocycles. The Hall–Kier alpha value is -1.87.